The molecule has 5 rings (SSSR count). The van der Waals surface area contributed by atoms with Crippen molar-refractivity contribution < 1.29 is 9.53 Å². The zero-order valence-electron chi connectivity index (χ0n) is 21.1. The summed E-state index contributed by atoms with van der Waals surface area (Å²) in [4.78, 5) is 18.5. The van der Waals surface area contributed by atoms with Crippen molar-refractivity contribution in [3.63, 3.8) is 0 Å². The number of benzene rings is 2. The summed E-state index contributed by atoms with van der Waals surface area (Å²) < 4.78 is 7.71. The first kappa shape index (κ1) is 24.3. The molecule has 1 amide bonds. The second-order valence-corrected chi connectivity index (χ2v) is 10.4. The Morgan fingerprint density at radius 1 is 1.08 bits per heavy atom. The van der Waals surface area contributed by atoms with Crippen LogP contribution in [0.1, 0.15) is 46.0 Å². The second-order valence-electron chi connectivity index (χ2n) is 9.41. The number of hydrogen-bond donors (Lipinski definition) is 0. The third-order valence-electron chi connectivity index (χ3n) is 6.72. The Hall–Kier alpha value is -3.42. The van der Waals surface area contributed by atoms with Crippen molar-refractivity contribution >= 4 is 17.2 Å². The number of carbonyl (C=O) groups excluding carboxylic acids is 1. The predicted molar refractivity (Wildman–Crippen MR) is 144 cm³/mol. The van der Waals surface area contributed by atoms with E-state index in [1.165, 1.54) is 28.2 Å². The Morgan fingerprint density at radius 3 is 2.58 bits per heavy atom. The summed E-state index contributed by atoms with van der Waals surface area (Å²) >= 11 is 1.48. The van der Waals surface area contributed by atoms with Gasteiger partial charge in [-0.3, -0.25) is 9.69 Å². The number of ether oxygens (including phenoxy) is 1. The van der Waals surface area contributed by atoms with Gasteiger partial charge in [0.2, 0.25) is 0 Å². The number of carbonyl (C=O) groups is 1. The molecule has 6 nitrogen and oxygen atoms in total. The molecule has 1 aliphatic rings. The van der Waals surface area contributed by atoms with E-state index in [2.05, 4.69) is 49.1 Å². The van der Waals surface area contributed by atoms with Crippen molar-refractivity contribution in [1.82, 2.24) is 19.6 Å². The van der Waals surface area contributed by atoms with Gasteiger partial charge in [0.1, 0.15) is 11.4 Å². The van der Waals surface area contributed by atoms with E-state index >= 15 is 0 Å². The van der Waals surface area contributed by atoms with Gasteiger partial charge in [-0.25, -0.2) is 4.68 Å². The number of fused-ring (bicyclic) bond motifs is 1. The Balaban J connectivity index is 1.52. The summed E-state index contributed by atoms with van der Waals surface area (Å²) in [6, 6.07) is 22.5. The SMILES string of the molecule is COc1ccccc1-n1nc(CN(C(=O)c2cccs2)C(C)C)c2c1CCN(Cc1ccccc1)C2. The predicted octanol–water partition coefficient (Wildman–Crippen LogP) is 5.55. The van der Waals surface area contributed by atoms with Crippen molar-refractivity contribution in [2.45, 2.75) is 45.9 Å². The molecular formula is C29H32N4O2S. The molecule has 2 aromatic heterocycles. The summed E-state index contributed by atoms with van der Waals surface area (Å²) in [5, 5.41) is 7.07. The molecule has 1 aliphatic heterocycles. The van der Waals surface area contributed by atoms with E-state index in [0.29, 0.717) is 6.54 Å². The summed E-state index contributed by atoms with van der Waals surface area (Å²) in [6.07, 6.45) is 0.883. The zero-order chi connectivity index (χ0) is 25.1. The highest BCUT2D eigenvalue weighted by molar-refractivity contribution is 7.12. The van der Waals surface area contributed by atoms with Crippen LogP contribution < -0.4 is 4.74 Å². The maximum absolute atomic E-state index is 13.4. The van der Waals surface area contributed by atoms with Crippen LogP contribution in [0.3, 0.4) is 0 Å². The minimum Gasteiger partial charge on any atom is -0.494 e. The monoisotopic (exact) mass is 500 g/mol. The molecule has 0 bridgehead atoms. The lowest BCUT2D eigenvalue weighted by Crippen LogP contribution is -2.37. The summed E-state index contributed by atoms with van der Waals surface area (Å²) in [5.41, 5.74) is 5.60. The van der Waals surface area contributed by atoms with Crippen molar-refractivity contribution in [2.75, 3.05) is 13.7 Å². The molecular weight excluding hydrogens is 468 g/mol. The van der Waals surface area contributed by atoms with Crippen molar-refractivity contribution in [3.05, 3.63) is 99.5 Å². The normalized spacial score (nSPS) is 13.6. The molecule has 0 spiro atoms. The highest BCUT2D eigenvalue weighted by atomic mass is 32.1. The number of amides is 1. The molecule has 36 heavy (non-hydrogen) atoms. The molecule has 7 heteroatoms. The molecule has 0 unspecified atom stereocenters. The average Bonchev–Trinajstić information content (AvgIpc) is 3.56. The van der Waals surface area contributed by atoms with Crippen LogP contribution in [0.2, 0.25) is 0 Å². The van der Waals surface area contributed by atoms with E-state index < -0.39 is 0 Å². The molecule has 0 saturated carbocycles. The van der Waals surface area contributed by atoms with Crippen molar-refractivity contribution in [2.24, 2.45) is 0 Å². The van der Waals surface area contributed by atoms with E-state index in [4.69, 9.17) is 9.84 Å². The molecule has 3 heterocycles. The Kier molecular flexibility index (Phi) is 7.20. The van der Waals surface area contributed by atoms with Crippen LogP contribution >= 0.6 is 11.3 Å². The molecule has 0 radical (unpaired) electrons. The summed E-state index contributed by atoms with van der Waals surface area (Å²) in [7, 11) is 1.69. The Labute approximate surface area is 216 Å². The van der Waals surface area contributed by atoms with Gasteiger partial charge in [-0.2, -0.15) is 5.10 Å². The minimum absolute atomic E-state index is 0.0515. The standard InChI is InChI=1S/C29H32N4O2S/c1-21(2)32(29(34)28-14-9-17-36-28)20-24-23-19-31(18-22-10-5-4-6-11-22)16-15-25(23)33(30-24)26-12-7-8-13-27(26)35-3/h4-14,17,21H,15-16,18-20H2,1-3H3. The summed E-state index contributed by atoms with van der Waals surface area (Å²) in [5.74, 6) is 0.842. The van der Waals surface area contributed by atoms with Gasteiger partial charge >= 0.3 is 0 Å². The molecule has 186 valence electrons. The number of hydrogen-bond acceptors (Lipinski definition) is 5. The Bertz CT molecular complexity index is 1310. The first-order valence-corrected chi connectivity index (χ1v) is 13.3. The quantitative estimate of drug-likeness (QED) is 0.318. The van der Waals surface area contributed by atoms with Crippen LogP contribution in [0.15, 0.2) is 72.1 Å². The molecule has 0 saturated heterocycles. The van der Waals surface area contributed by atoms with Gasteiger partial charge in [-0.1, -0.05) is 48.5 Å². The fraction of sp³-hybridized carbons (Fsp3) is 0.310. The number of thiophene rings is 1. The van der Waals surface area contributed by atoms with Crippen LogP contribution in [0.25, 0.3) is 5.69 Å². The minimum atomic E-state index is 0.0515. The zero-order valence-corrected chi connectivity index (χ0v) is 21.9. The lowest BCUT2D eigenvalue weighted by molar-refractivity contribution is 0.0691. The maximum Gasteiger partial charge on any atom is 0.264 e. The van der Waals surface area contributed by atoms with Crippen molar-refractivity contribution in [3.8, 4) is 11.4 Å². The van der Waals surface area contributed by atoms with E-state index in [9.17, 15) is 4.79 Å². The Morgan fingerprint density at radius 2 is 1.86 bits per heavy atom. The smallest absolute Gasteiger partial charge is 0.264 e. The van der Waals surface area contributed by atoms with Crippen LogP contribution in [0, 0.1) is 0 Å². The van der Waals surface area contributed by atoms with Gasteiger partial charge in [0.25, 0.3) is 5.91 Å². The first-order valence-electron chi connectivity index (χ1n) is 12.4. The number of para-hydroxylation sites is 2. The maximum atomic E-state index is 13.4. The van der Waals surface area contributed by atoms with Gasteiger partial charge in [0.05, 0.1) is 29.9 Å². The van der Waals surface area contributed by atoms with Gasteiger partial charge < -0.3 is 9.64 Å². The van der Waals surface area contributed by atoms with E-state index in [1.807, 2.05) is 51.4 Å². The van der Waals surface area contributed by atoms with Crippen LogP contribution in [-0.2, 0) is 26.1 Å². The van der Waals surface area contributed by atoms with Gasteiger partial charge in [0.15, 0.2) is 0 Å². The molecule has 0 aliphatic carbocycles. The van der Waals surface area contributed by atoms with E-state index in [1.54, 1.807) is 7.11 Å². The first-order chi connectivity index (χ1) is 17.5. The number of methoxy groups -OCH3 is 1. The lowest BCUT2D eigenvalue weighted by Gasteiger charge is -2.29. The van der Waals surface area contributed by atoms with Gasteiger partial charge in [0, 0.05) is 37.7 Å². The number of rotatable bonds is 8. The van der Waals surface area contributed by atoms with E-state index in [-0.39, 0.29) is 11.9 Å². The number of nitrogens with zero attached hydrogens (tertiary/aromatic N) is 4. The summed E-state index contributed by atoms with van der Waals surface area (Å²) in [6.45, 7) is 7.24. The third kappa shape index (κ3) is 4.94. The molecule has 0 fully saturated rings. The fourth-order valence-corrected chi connectivity index (χ4v) is 5.52. The van der Waals surface area contributed by atoms with Crippen molar-refractivity contribution in [1.29, 1.82) is 0 Å². The lowest BCUT2D eigenvalue weighted by atomic mass is 10.0. The second kappa shape index (κ2) is 10.7. The van der Waals surface area contributed by atoms with Crippen LogP contribution in [-0.4, -0.2) is 45.2 Å². The van der Waals surface area contributed by atoms with Crippen LogP contribution in [0.4, 0.5) is 0 Å². The molecule has 4 aromatic rings. The molecule has 2 aromatic carbocycles. The largest absolute Gasteiger partial charge is 0.494 e. The number of aromatic nitrogens is 2. The average molecular weight is 501 g/mol. The molecule has 0 N–H and O–H groups in total. The molecule has 0 atom stereocenters. The topological polar surface area (TPSA) is 50.6 Å². The highest BCUT2D eigenvalue weighted by Crippen LogP contribution is 2.31. The highest BCUT2D eigenvalue weighted by Gasteiger charge is 2.29. The van der Waals surface area contributed by atoms with Gasteiger partial charge in [-0.15, -0.1) is 11.3 Å². The van der Waals surface area contributed by atoms with Gasteiger partial charge in [-0.05, 0) is 43.0 Å². The van der Waals surface area contributed by atoms with E-state index in [0.717, 1.165) is 48.1 Å². The van der Waals surface area contributed by atoms with Crippen LogP contribution in [0.5, 0.6) is 5.75 Å². The third-order valence-corrected chi connectivity index (χ3v) is 7.58. The fourth-order valence-electron chi connectivity index (χ4n) is 4.84.